The third-order valence-electron chi connectivity index (χ3n) is 29.5. The predicted octanol–water partition coefficient (Wildman–Crippen LogP) is 35.8. The number of benzene rings is 20. The molecule has 3 aliphatic rings. The Balaban J connectivity index is 0.595. The number of anilines is 12. The van der Waals surface area contributed by atoms with Crippen molar-refractivity contribution in [3.63, 3.8) is 0 Å². The van der Waals surface area contributed by atoms with E-state index in [2.05, 4.69) is 548 Å². The lowest BCUT2D eigenvalue weighted by Gasteiger charge is -2.37. The molecule has 20 aromatic rings. The Bertz CT molecular complexity index is 7700. The van der Waals surface area contributed by atoms with E-state index in [-0.39, 0.29) is 0 Å². The first kappa shape index (κ1) is 86.0. The van der Waals surface area contributed by atoms with Gasteiger partial charge in [0.05, 0.1) is 16.2 Å². The van der Waals surface area contributed by atoms with Crippen LogP contribution in [0.15, 0.2) is 487 Å². The van der Waals surface area contributed by atoms with Crippen molar-refractivity contribution in [2.45, 2.75) is 57.8 Å². The average molecular weight is 1780 g/mol. The van der Waals surface area contributed by atoms with Crippen molar-refractivity contribution >= 4 is 86.5 Å². The minimum Gasteiger partial charge on any atom is -0.310 e. The summed E-state index contributed by atoms with van der Waals surface area (Å²) in [4.78, 5) is 9.69. The van der Waals surface area contributed by atoms with E-state index in [1.807, 2.05) is 18.2 Å². The number of para-hydroxylation sites is 4. The van der Waals surface area contributed by atoms with Gasteiger partial charge in [-0.15, -0.1) is 0 Å². The zero-order valence-corrected chi connectivity index (χ0v) is 79.1. The van der Waals surface area contributed by atoms with Crippen LogP contribution in [0.4, 0.5) is 68.2 Å². The number of aryl methyl sites for hydroxylation is 6. The minimum absolute atomic E-state index is 0.604. The molecule has 2 atom stereocenters. The molecule has 4 heteroatoms. The van der Waals surface area contributed by atoms with E-state index in [0.29, 0.717) is 0 Å². The van der Waals surface area contributed by atoms with Crippen molar-refractivity contribution in [3.8, 4) is 55.6 Å². The smallest absolute Gasteiger partial charge is 0.0717 e. The lowest BCUT2D eigenvalue weighted by atomic mass is 9.66. The van der Waals surface area contributed by atoms with Crippen molar-refractivity contribution in [3.05, 3.63) is 604 Å². The van der Waals surface area contributed by atoms with Gasteiger partial charge in [-0.1, -0.05) is 376 Å². The van der Waals surface area contributed by atoms with Crippen LogP contribution in [0.2, 0.25) is 0 Å². The van der Waals surface area contributed by atoms with Crippen molar-refractivity contribution in [2.75, 3.05) is 19.6 Å². The maximum Gasteiger partial charge on any atom is 0.0717 e. The molecule has 23 rings (SSSR count). The van der Waals surface area contributed by atoms with E-state index in [1.165, 1.54) is 134 Å². The third-order valence-corrected chi connectivity index (χ3v) is 29.5. The van der Waals surface area contributed by atoms with Crippen LogP contribution in [0.3, 0.4) is 0 Å². The molecule has 0 fully saturated rings. The highest BCUT2D eigenvalue weighted by Gasteiger charge is 2.51. The molecule has 664 valence electrons. The molecular formula is C135H104N4. The highest BCUT2D eigenvalue weighted by molar-refractivity contribution is 5.97. The van der Waals surface area contributed by atoms with E-state index >= 15 is 0 Å². The van der Waals surface area contributed by atoms with Gasteiger partial charge in [-0.05, 0) is 343 Å². The van der Waals surface area contributed by atoms with Crippen molar-refractivity contribution < 1.29 is 0 Å². The van der Waals surface area contributed by atoms with Crippen molar-refractivity contribution in [1.82, 2.24) is 0 Å². The Morgan fingerprint density at radius 3 is 0.604 bits per heavy atom. The lowest BCUT2D eigenvalue weighted by molar-refractivity contribution is 0.759. The fourth-order valence-electron chi connectivity index (χ4n) is 23.0. The van der Waals surface area contributed by atoms with E-state index < -0.39 is 16.2 Å². The predicted molar refractivity (Wildman–Crippen MR) is 587 cm³/mol. The number of rotatable bonds is 23. The Hall–Kier alpha value is -17.2. The van der Waals surface area contributed by atoms with Crippen molar-refractivity contribution in [2.24, 2.45) is 0 Å². The Kier molecular flexibility index (Phi) is 21.8. The highest BCUT2D eigenvalue weighted by atomic mass is 15.2. The molecule has 0 saturated heterocycles. The Labute approximate surface area is 817 Å². The topological polar surface area (TPSA) is 13.0 Å². The largest absolute Gasteiger partial charge is 0.310 e. The summed E-state index contributed by atoms with van der Waals surface area (Å²) in [7, 11) is 0. The molecule has 2 unspecified atom stereocenters. The fraction of sp³-hybridized carbons (Fsp3) is 0.0667. The van der Waals surface area contributed by atoms with Gasteiger partial charge >= 0.3 is 0 Å². The van der Waals surface area contributed by atoms with Gasteiger partial charge in [-0.2, -0.15) is 0 Å². The first-order valence-corrected chi connectivity index (χ1v) is 48.2. The summed E-state index contributed by atoms with van der Waals surface area (Å²) in [6.07, 6.45) is 5.82. The molecule has 0 heterocycles. The molecule has 3 aliphatic carbocycles. The number of hydrogen-bond acceptors (Lipinski definition) is 4. The van der Waals surface area contributed by atoms with Crippen molar-refractivity contribution in [1.29, 1.82) is 0 Å². The number of fused-ring (bicyclic) bond motifs is 9. The maximum atomic E-state index is 4.28. The second-order valence-corrected chi connectivity index (χ2v) is 37.6. The zero-order valence-electron chi connectivity index (χ0n) is 79.1. The van der Waals surface area contributed by atoms with E-state index in [0.717, 1.165) is 107 Å². The van der Waals surface area contributed by atoms with Gasteiger partial charge in [0.2, 0.25) is 0 Å². The first-order chi connectivity index (χ1) is 68.2. The second kappa shape index (κ2) is 35.3. The molecular weight excluding hydrogens is 1680 g/mol. The van der Waals surface area contributed by atoms with Gasteiger partial charge in [0.1, 0.15) is 0 Å². The molecule has 20 aromatic carbocycles. The minimum atomic E-state index is -0.818. The molecule has 0 aromatic heterocycles. The van der Waals surface area contributed by atoms with Crippen LogP contribution in [0, 0.1) is 41.5 Å². The van der Waals surface area contributed by atoms with Gasteiger partial charge in [-0.25, -0.2) is 0 Å². The van der Waals surface area contributed by atoms with Gasteiger partial charge in [0.15, 0.2) is 0 Å². The standard InChI is InChI=1S/C135H104N4/c1-10-96-47-61-103(62-48-96)133(126-83-90(4)41-44-93(126)7)124-39-27-25-37-118(124)120-79-75-114(86-129(120)133)136(106-29-17-13-18-30-106)110-67-53-99(54-68-110)101-57-71-112(72-58-101)138(108-33-21-15-22-34-108)116-77-81-122-123-82-78-117(89-132(123)135(131(122)88-116,105-65-51-98(12-3)52-66-105)128-85-92(6)43-46-95(128)9)139(109-35-23-16-24-36-109)113-73-59-102(60-74-113)100-55-69-111(70-56-100)137(107-31-19-14-20-32-107)115-76-80-121-119-38-26-28-40-125(119)134(130(121)87-115,104-63-49-97(11-2)50-64-104)127-84-91(5)42-45-94(127)8/h10-89H,1-3H2,4-9H3. The second-order valence-electron chi connectivity index (χ2n) is 37.6. The van der Waals surface area contributed by atoms with E-state index in [1.54, 1.807) is 0 Å². The molecule has 0 aliphatic heterocycles. The van der Waals surface area contributed by atoms with Crippen LogP contribution in [0.25, 0.3) is 73.9 Å². The zero-order chi connectivity index (χ0) is 94.2. The van der Waals surface area contributed by atoms with Crippen LogP contribution in [0.5, 0.6) is 0 Å². The van der Waals surface area contributed by atoms with Crippen LogP contribution >= 0.6 is 0 Å². The number of nitrogens with zero attached hydrogens (tertiary/aromatic N) is 4. The first-order valence-electron chi connectivity index (χ1n) is 48.2. The molecule has 0 N–H and O–H groups in total. The summed E-state index contributed by atoms with van der Waals surface area (Å²) in [6.45, 7) is 26.1. The fourth-order valence-corrected chi connectivity index (χ4v) is 23.0. The monoisotopic (exact) mass is 1780 g/mol. The molecule has 4 nitrogen and oxygen atoms in total. The summed E-state index contributed by atoms with van der Waals surface area (Å²) < 4.78 is 0. The van der Waals surface area contributed by atoms with Crippen LogP contribution in [-0.2, 0) is 16.2 Å². The maximum absolute atomic E-state index is 4.28. The highest BCUT2D eigenvalue weighted by Crippen LogP contribution is 2.63. The van der Waals surface area contributed by atoms with E-state index in [9.17, 15) is 0 Å². The molecule has 0 amide bonds. The van der Waals surface area contributed by atoms with Gasteiger partial charge < -0.3 is 19.6 Å². The average Bonchev–Trinajstić information content (AvgIpc) is 1.61. The normalized spacial score (nSPS) is 15.0. The summed E-state index contributed by atoms with van der Waals surface area (Å²) in [6, 6.07) is 175. The molecule has 139 heavy (non-hydrogen) atoms. The summed E-state index contributed by atoms with van der Waals surface area (Å²) in [5.41, 5.74) is 48.0. The molecule has 0 saturated carbocycles. The Morgan fingerprint density at radius 1 is 0.165 bits per heavy atom. The van der Waals surface area contributed by atoms with Gasteiger partial charge in [-0.3, -0.25) is 0 Å². The third kappa shape index (κ3) is 14.4. The van der Waals surface area contributed by atoms with E-state index in [4.69, 9.17) is 0 Å². The summed E-state index contributed by atoms with van der Waals surface area (Å²) >= 11 is 0. The quantitative estimate of drug-likeness (QED) is 0.0633. The lowest BCUT2D eigenvalue weighted by Crippen LogP contribution is -2.30. The van der Waals surface area contributed by atoms with Gasteiger partial charge in [0.25, 0.3) is 0 Å². The number of hydrogen-bond donors (Lipinski definition) is 0. The van der Waals surface area contributed by atoms with Crippen LogP contribution in [-0.4, -0.2) is 0 Å². The summed E-state index contributed by atoms with van der Waals surface area (Å²) in [5.74, 6) is 0. The SMILES string of the molecule is C=Cc1ccc(C2(c3cc(C)ccc3C)c3ccccc3-c3ccc(N(c4ccccc4)c4ccc(-c5ccc(N(c6ccccc6)c6ccc7c(c6)C(c6ccc(C=C)cc6)(c6cc(C)ccc6C)c6cc(N(c8ccccc8)c8ccc(-c9ccc(N(c%10ccccc%10)c%10ccc%11c(c%10)C(c%10ccc(C=C)cc%10)(c%10cc(C)ccc%10C)c%10ccccc%10-%11)cc9)cc8)ccc6-7)cc5)cc4)cc32)cc1. The van der Waals surface area contributed by atoms with Gasteiger partial charge in [0, 0.05) is 68.2 Å². The molecule has 0 radical (unpaired) electrons. The van der Waals surface area contributed by atoms with Crippen LogP contribution < -0.4 is 19.6 Å². The summed E-state index contributed by atoms with van der Waals surface area (Å²) in [5, 5.41) is 0. The molecule has 0 spiro atoms. The molecule has 0 bridgehead atoms. The van der Waals surface area contributed by atoms with Crippen LogP contribution in [0.1, 0.15) is 117 Å². The Morgan fingerprint density at radius 2 is 0.367 bits per heavy atom.